The monoisotopic (exact) mass is 396 g/mol. The molecular weight excluding hydrogens is 379 g/mol. The molecule has 1 atom stereocenters. The third-order valence-electron chi connectivity index (χ3n) is 4.13. The summed E-state index contributed by atoms with van der Waals surface area (Å²) in [4.78, 5) is 25.4. The van der Waals surface area contributed by atoms with E-state index in [-0.39, 0.29) is 10.9 Å². The smallest absolute Gasteiger partial charge is 0.251 e. The number of rotatable bonds is 6. The van der Waals surface area contributed by atoms with E-state index in [2.05, 4.69) is 10.6 Å². The molecule has 0 fully saturated rings. The summed E-state index contributed by atoms with van der Waals surface area (Å²) >= 11 is 5.77. The van der Waals surface area contributed by atoms with Crippen LogP contribution in [0.4, 0.5) is 10.1 Å². The van der Waals surface area contributed by atoms with Crippen molar-refractivity contribution in [2.75, 3.05) is 5.32 Å². The summed E-state index contributed by atoms with van der Waals surface area (Å²) in [7, 11) is 0. The molecule has 3 aromatic rings. The third-order valence-corrected chi connectivity index (χ3v) is 4.42. The van der Waals surface area contributed by atoms with Crippen LogP contribution >= 0.6 is 11.6 Å². The summed E-state index contributed by atoms with van der Waals surface area (Å²) in [6.45, 7) is 0. The maximum absolute atomic E-state index is 13.3. The standard InChI is InChI=1S/C22H18ClFN2O2/c23-18-14-17(11-12-19(18)24)25-22(28)20(13-15-7-3-1-4-8-15)26-21(27)16-9-5-2-6-10-16/h1-12,14,20H,13H2,(H,25,28)(H,26,27)/t20-/m0/s1. The van der Waals surface area contributed by atoms with Crippen molar-refractivity contribution in [3.05, 3.63) is 101 Å². The Morgan fingerprint density at radius 3 is 2.21 bits per heavy atom. The van der Waals surface area contributed by atoms with Crippen LogP contribution in [0.25, 0.3) is 0 Å². The van der Waals surface area contributed by atoms with Crippen LogP contribution < -0.4 is 10.6 Å². The van der Waals surface area contributed by atoms with Crippen molar-refractivity contribution in [3.63, 3.8) is 0 Å². The van der Waals surface area contributed by atoms with E-state index in [4.69, 9.17) is 11.6 Å². The van der Waals surface area contributed by atoms with Crippen LogP contribution in [0.3, 0.4) is 0 Å². The minimum Gasteiger partial charge on any atom is -0.340 e. The molecule has 0 saturated carbocycles. The fourth-order valence-electron chi connectivity index (χ4n) is 2.69. The normalized spacial score (nSPS) is 11.5. The Morgan fingerprint density at radius 2 is 1.57 bits per heavy atom. The number of halogens is 2. The number of benzene rings is 3. The van der Waals surface area contributed by atoms with Crippen LogP contribution in [0, 0.1) is 5.82 Å². The lowest BCUT2D eigenvalue weighted by Gasteiger charge is -2.19. The van der Waals surface area contributed by atoms with E-state index in [1.165, 1.54) is 18.2 Å². The highest BCUT2D eigenvalue weighted by molar-refractivity contribution is 6.31. The summed E-state index contributed by atoms with van der Waals surface area (Å²) in [5.41, 5.74) is 1.70. The van der Waals surface area contributed by atoms with Gasteiger partial charge in [0.2, 0.25) is 5.91 Å². The van der Waals surface area contributed by atoms with E-state index in [1.807, 2.05) is 36.4 Å². The van der Waals surface area contributed by atoms with Crippen LogP contribution in [0.1, 0.15) is 15.9 Å². The molecule has 0 heterocycles. The first-order chi connectivity index (χ1) is 13.5. The van der Waals surface area contributed by atoms with E-state index in [9.17, 15) is 14.0 Å². The SMILES string of the molecule is O=C(N[C@@H](Cc1ccccc1)C(=O)Nc1ccc(F)c(Cl)c1)c1ccccc1. The zero-order valence-corrected chi connectivity index (χ0v) is 15.6. The highest BCUT2D eigenvalue weighted by atomic mass is 35.5. The van der Waals surface area contributed by atoms with Gasteiger partial charge in [0.15, 0.2) is 0 Å². The number of carbonyl (C=O) groups is 2. The fourth-order valence-corrected chi connectivity index (χ4v) is 2.87. The molecule has 0 bridgehead atoms. The molecule has 0 aliphatic rings. The lowest BCUT2D eigenvalue weighted by molar-refractivity contribution is -0.118. The molecule has 0 unspecified atom stereocenters. The number of hydrogen-bond acceptors (Lipinski definition) is 2. The van der Waals surface area contributed by atoms with Gasteiger partial charge in [-0.3, -0.25) is 9.59 Å². The summed E-state index contributed by atoms with van der Waals surface area (Å²) < 4.78 is 13.3. The largest absolute Gasteiger partial charge is 0.340 e. The molecule has 4 nitrogen and oxygen atoms in total. The predicted molar refractivity (Wildman–Crippen MR) is 108 cm³/mol. The van der Waals surface area contributed by atoms with Gasteiger partial charge in [-0.05, 0) is 35.9 Å². The average Bonchev–Trinajstić information content (AvgIpc) is 2.71. The third kappa shape index (κ3) is 5.18. The first kappa shape index (κ1) is 19.6. The van der Waals surface area contributed by atoms with Gasteiger partial charge in [-0.25, -0.2) is 4.39 Å². The second-order valence-corrected chi connectivity index (χ2v) is 6.61. The Bertz CT molecular complexity index is 965. The van der Waals surface area contributed by atoms with Crippen LogP contribution in [-0.4, -0.2) is 17.9 Å². The minimum atomic E-state index is -0.820. The molecule has 0 spiro atoms. The Balaban J connectivity index is 1.79. The molecule has 3 aromatic carbocycles. The molecule has 2 amide bonds. The molecule has 0 saturated heterocycles. The Morgan fingerprint density at radius 1 is 0.929 bits per heavy atom. The lowest BCUT2D eigenvalue weighted by Crippen LogP contribution is -2.45. The number of amides is 2. The van der Waals surface area contributed by atoms with Gasteiger partial charge in [-0.15, -0.1) is 0 Å². The van der Waals surface area contributed by atoms with Crippen LogP contribution in [0.2, 0.25) is 5.02 Å². The van der Waals surface area contributed by atoms with E-state index in [0.717, 1.165) is 5.56 Å². The van der Waals surface area contributed by atoms with Gasteiger partial charge in [-0.2, -0.15) is 0 Å². The molecular formula is C22H18ClFN2O2. The number of anilines is 1. The Labute approximate surface area is 167 Å². The first-order valence-electron chi connectivity index (χ1n) is 8.68. The van der Waals surface area contributed by atoms with Gasteiger partial charge in [0.05, 0.1) is 5.02 Å². The number of carbonyl (C=O) groups excluding carboxylic acids is 2. The summed E-state index contributed by atoms with van der Waals surface area (Å²) in [5, 5.41) is 5.36. The van der Waals surface area contributed by atoms with Gasteiger partial charge in [0, 0.05) is 17.7 Å². The summed E-state index contributed by atoms with van der Waals surface area (Å²) in [6, 6.07) is 21.1. The quantitative estimate of drug-likeness (QED) is 0.646. The Hall–Kier alpha value is -3.18. The molecule has 0 radical (unpaired) electrons. The number of nitrogens with one attached hydrogen (secondary N) is 2. The lowest BCUT2D eigenvalue weighted by atomic mass is 10.0. The number of hydrogen-bond donors (Lipinski definition) is 2. The maximum Gasteiger partial charge on any atom is 0.251 e. The van der Waals surface area contributed by atoms with Crippen molar-refractivity contribution in [1.29, 1.82) is 0 Å². The van der Waals surface area contributed by atoms with Crippen molar-refractivity contribution < 1.29 is 14.0 Å². The van der Waals surface area contributed by atoms with E-state index < -0.39 is 17.8 Å². The molecule has 142 valence electrons. The van der Waals surface area contributed by atoms with Crippen molar-refractivity contribution >= 4 is 29.1 Å². The van der Waals surface area contributed by atoms with Gasteiger partial charge < -0.3 is 10.6 Å². The molecule has 6 heteroatoms. The van der Waals surface area contributed by atoms with E-state index in [1.54, 1.807) is 24.3 Å². The molecule has 28 heavy (non-hydrogen) atoms. The summed E-state index contributed by atoms with van der Waals surface area (Å²) in [6.07, 6.45) is 0.306. The molecule has 3 rings (SSSR count). The molecule has 0 aliphatic heterocycles. The van der Waals surface area contributed by atoms with Crippen LogP contribution in [0.15, 0.2) is 78.9 Å². The average molecular weight is 397 g/mol. The summed E-state index contributed by atoms with van der Waals surface area (Å²) in [5.74, 6) is -1.34. The van der Waals surface area contributed by atoms with Crippen molar-refractivity contribution in [2.45, 2.75) is 12.5 Å². The van der Waals surface area contributed by atoms with Gasteiger partial charge >= 0.3 is 0 Å². The molecule has 0 aromatic heterocycles. The van der Waals surface area contributed by atoms with Crippen molar-refractivity contribution in [3.8, 4) is 0 Å². The van der Waals surface area contributed by atoms with Crippen LogP contribution in [-0.2, 0) is 11.2 Å². The zero-order chi connectivity index (χ0) is 19.9. The zero-order valence-electron chi connectivity index (χ0n) is 14.9. The fraction of sp³-hybridized carbons (Fsp3) is 0.0909. The Kier molecular flexibility index (Phi) is 6.40. The van der Waals surface area contributed by atoms with Gasteiger partial charge in [-0.1, -0.05) is 60.1 Å². The highest BCUT2D eigenvalue weighted by Crippen LogP contribution is 2.19. The van der Waals surface area contributed by atoms with Crippen LogP contribution in [0.5, 0.6) is 0 Å². The second-order valence-electron chi connectivity index (χ2n) is 6.20. The molecule has 2 N–H and O–H groups in total. The second kappa shape index (κ2) is 9.15. The van der Waals surface area contributed by atoms with Crippen molar-refractivity contribution in [2.24, 2.45) is 0 Å². The predicted octanol–water partition coefficient (Wildman–Crippen LogP) is 4.46. The topological polar surface area (TPSA) is 58.2 Å². The maximum atomic E-state index is 13.3. The van der Waals surface area contributed by atoms with Gasteiger partial charge in [0.1, 0.15) is 11.9 Å². The van der Waals surface area contributed by atoms with Gasteiger partial charge in [0.25, 0.3) is 5.91 Å². The highest BCUT2D eigenvalue weighted by Gasteiger charge is 2.22. The van der Waals surface area contributed by atoms with Crippen molar-refractivity contribution in [1.82, 2.24) is 5.32 Å². The molecule has 0 aliphatic carbocycles. The first-order valence-corrected chi connectivity index (χ1v) is 9.06. The minimum absolute atomic E-state index is 0.0919. The van der Waals surface area contributed by atoms with E-state index >= 15 is 0 Å². The van der Waals surface area contributed by atoms with E-state index in [0.29, 0.717) is 17.7 Å².